The van der Waals surface area contributed by atoms with Crippen molar-refractivity contribution in [2.24, 2.45) is 11.0 Å². The summed E-state index contributed by atoms with van der Waals surface area (Å²) in [4.78, 5) is 0. The number of nitrogens with zero attached hydrogens (tertiary/aromatic N) is 2. The van der Waals surface area contributed by atoms with Crippen LogP contribution in [0.15, 0.2) is 23.3 Å². The topological polar surface area (TPSA) is 35.8 Å². The van der Waals surface area contributed by atoms with Gasteiger partial charge in [0.2, 0.25) is 0 Å². The number of aromatic hydroxyl groups is 1. The number of phenolic OH excluding ortho intramolecular Hbond substituents is 1. The van der Waals surface area contributed by atoms with E-state index < -0.39 is 0 Å². The van der Waals surface area contributed by atoms with Crippen LogP contribution in [0, 0.1) is 5.92 Å². The summed E-state index contributed by atoms with van der Waals surface area (Å²) in [6, 6.07) is 5.34. The van der Waals surface area contributed by atoms with Crippen molar-refractivity contribution in [3.05, 3.63) is 28.8 Å². The molecule has 0 bridgehead atoms. The van der Waals surface area contributed by atoms with Gasteiger partial charge in [0, 0.05) is 25.1 Å². The first-order chi connectivity index (χ1) is 7.09. The molecule has 3 nitrogen and oxygen atoms in total. The van der Waals surface area contributed by atoms with E-state index in [1.165, 1.54) is 0 Å². The summed E-state index contributed by atoms with van der Waals surface area (Å²) in [6.07, 6.45) is 0. The summed E-state index contributed by atoms with van der Waals surface area (Å²) >= 11 is 5.86. The number of para-hydroxylation sites is 1. The summed E-state index contributed by atoms with van der Waals surface area (Å²) in [5.41, 5.74) is 1.64. The minimum Gasteiger partial charge on any atom is -0.506 e. The molecule has 2 rings (SSSR count). The van der Waals surface area contributed by atoms with Crippen LogP contribution in [-0.2, 0) is 0 Å². The Morgan fingerprint density at radius 1 is 1.53 bits per heavy atom. The molecule has 0 aliphatic carbocycles. The molecule has 0 aromatic heterocycles. The maximum Gasteiger partial charge on any atom is 0.143 e. The summed E-state index contributed by atoms with van der Waals surface area (Å²) in [7, 11) is 1.92. The van der Waals surface area contributed by atoms with Crippen molar-refractivity contribution in [2.45, 2.75) is 6.92 Å². The van der Waals surface area contributed by atoms with Crippen LogP contribution in [0.4, 0.5) is 0 Å². The Balaban J connectivity index is 2.46. The molecule has 0 spiro atoms. The Kier molecular flexibility index (Phi) is 2.57. The number of hydrazone groups is 1. The Labute approximate surface area is 94.0 Å². The van der Waals surface area contributed by atoms with Gasteiger partial charge in [0.25, 0.3) is 0 Å². The van der Waals surface area contributed by atoms with Gasteiger partial charge in [0.1, 0.15) is 5.75 Å². The first kappa shape index (κ1) is 10.3. The van der Waals surface area contributed by atoms with Crippen molar-refractivity contribution in [2.75, 3.05) is 13.6 Å². The fourth-order valence-corrected chi connectivity index (χ4v) is 2.02. The quantitative estimate of drug-likeness (QED) is 0.795. The molecule has 0 amide bonds. The summed E-state index contributed by atoms with van der Waals surface area (Å²) < 4.78 is 0. The van der Waals surface area contributed by atoms with Crippen LogP contribution in [0.5, 0.6) is 5.75 Å². The standard InChI is InChI=1S/C11H13ClN2O/c1-7-6-14(2)13-10(7)8-4-3-5-9(12)11(8)15/h3-5,7,15H,6H2,1-2H3. The van der Waals surface area contributed by atoms with E-state index in [4.69, 9.17) is 11.6 Å². The van der Waals surface area contributed by atoms with Crippen molar-refractivity contribution in [1.29, 1.82) is 0 Å². The Morgan fingerprint density at radius 2 is 2.27 bits per heavy atom. The monoisotopic (exact) mass is 224 g/mol. The Bertz CT molecular complexity index is 417. The molecule has 1 aromatic rings. The second-order valence-corrected chi connectivity index (χ2v) is 4.27. The zero-order valence-electron chi connectivity index (χ0n) is 8.74. The fourth-order valence-electron chi connectivity index (χ4n) is 1.85. The Hall–Kier alpha value is -1.22. The van der Waals surface area contributed by atoms with Gasteiger partial charge in [-0.25, -0.2) is 0 Å². The van der Waals surface area contributed by atoms with Crippen LogP contribution in [0.25, 0.3) is 0 Å². The van der Waals surface area contributed by atoms with Gasteiger partial charge in [-0.1, -0.05) is 24.6 Å². The zero-order valence-corrected chi connectivity index (χ0v) is 9.49. The number of hydrogen-bond donors (Lipinski definition) is 1. The number of hydrogen-bond acceptors (Lipinski definition) is 3. The van der Waals surface area contributed by atoms with E-state index in [-0.39, 0.29) is 5.75 Å². The predicted octanol–water partition coefficient (Wildman–Crippen LogP) is 2.33. The molecule has 1 aromatic carbocycles. The molecular weight excluding hydrogens is 212 g/mol. The molecule has 1 aliphatic rings. The van der Waals surface area contributed by atoms with E-state index in [0.717, 1.165) is 17.8 Å². The molecule has 0 fully saturated rings. The normalized spacial score (nSPS) is 20.6. The van der Waals surface area contributed by atoms with Gasteiger partial charge in [-0.05, 0) is 12.1 Å². The van der Waals surface area contributed by atoms with Gasteiger partial charge in [0.15, 0.2) is 0 Å². The third kappa shape index (κ3) is 1.79. The van der Waals surface area contributed by atoms with Gasteiger partial charge in [-0.3, -0.25) is 5.01 Å². The number of phenols is 1. The molecule has 1 heterocycles. The van der Waals surface area contributed by atoms with Crippen LogP contribution < -0.4 is 0 Å². The maximum atomic E-state index is 9.83. The van der Waals surface area contributed by atoms with Crippen molar-refractivity contribution in [3.8, 4) is 5.75 Å². The minimum atomic E-state index is 0.125. The van der Waals surface area contributed by atoms with Gasteiger partial charge >= 0.3 is 0 Å². The van der Waals surface area contributed by atoms with Crippen LogP contribution in [0.2, 0.25) is 5.02 Å². The first-order valence-electron chi connectivity index (χ1n) is 4.87. The minimum absolute atomic E-state index is 0.125. The molecule has 1 unspecified atom stereocenters. The van der Waals surface area contributed by atoms with E-state index in [1.807, 2.05) is 24.2 Å². The molecule has 0 saturated heterocycles. The predicted molar refractivity (Wildman–Crippen MR) is 61.4 cm³/mol. The van der Waals surface area contributed by atoms with Gasteiger partial charge < -0.3 is 5.11 Å². The number of rotatable bonds is 1. The molecule has 15 heavy (non-hydrogen) atoms. The summed E-state index contributed by atoms with van der Waals surface area (Å²) in [5, 5.41) is 16.5. The lowest BCUT2D eigenvalue weighted by molar-refractivity contribution is 0.368. The average Bonchev–Trinajstić information content (AvgIpc) is 2.50. The summed E-state index contributed by atoms with van der Waals surface area (Å²) in [6.45, 7) is 2.96. The number of halogens is 1. The smallest absolute Gasteiger partial charge is 0.143 e. The Morgan fingerprint density at radius 3 is 2.87 bits per heavy atom. The van der Waals surface area contributed by atoms with E-state index in [1.54, 1.807) is 6.07 Å². The third-order valence-electron chi connectivity index (χ3n) is 2.55. The number of benzene rings is 1. The van der Waals surface area contributed by atoms with Crippen LogP contribution in [-0.4, -0.2) is 29.4 Å². The van der Waals surface area contributed by atoms with Crippen molar-refractivity contribution in [3.63, 3.8) is 0 Å². The lowest BCUT2D eigenvalue weighted by Gasteiger charge is -2.08. The second kappa shape index (κ2) is 3.74. The lowest BCUT2D eigenvalue weighted by atomic mass is 9.99. The van der Waals surface area contributed by atoms with E-state index in [0.29, 0.717) is 10.9 Å². The van der Waals surface area contributed by atoms with Crippen LogP contribution in [0.3, 0.4) is 0 Å². The van der Waals surface area contributed by atoms with Gasteiger partial charge in [0.05, 0.1) is 10.7 Å². The molecule has 1 atom stereocenters. The molecule has 4 heteroatoms. The van der Waals surface area contributed by atoms with Crippen LogP contribution >= 0.6 is 11.6 Å². The van der Waals surface area contributed by atoms with Crippen molar-refractivity contribution in [1.82, 2.24) is 5.01 Å². The largest absolute Gasteiger partial charge is 0.506 e. The lowest BCUT2D eigenvalue weighted by Crippen LogP contribution is -2.14. The van der Waals surface area contributed by atoms with Crippen molar-refractivity contribution < 1.29 is 5.11 Å². The van der Waals surface area contributed by atoms with E-state index >= 15 is 0 Å². The highest BCUT2D eigenvalue weighted by Crippen LogP contribution is 2.30. The summed E-state index contributed by atoms with van der Waals surface area (Å²) in [5.74, 6) is 0.444. The van der Waals surface area contributed by atoms with Gasteiger partial charge in [-0.15, -0.1) is 0 Å². The highest BCUT2D eigenvalue weighted by molar-refractivity contribution is 6.32. The highest BCUT2D eigenvalue weighted by atomic mass is 35.5. The van der Waals surface area contributed by atoms with Gasteiger partial charge in [-0.2, -0.15) is 5.10 Å². The second-order valence-electron chi connectivity index (χ2n) is 3.86. The van der Waals surface area contributed by atoms with Crippen molar-refractivity contribution >= 4 is 17.3 Å². The first-order valence-corrected chi connectivity index (χ1v) is 5.25. The highest BCUT2D eigenvalue weighted by Gasteiger charge is 2.24. The molecule has 80 valence electrons. The average molecular weight is 225 g/mol. The molecule has 1 N–H and O–H groups in total. The zero-order chi connectivity index (χ0) is 11.0. The van der Waals surface area contributed by atoms with E-state index in [2.05, 4.69) is 12.0 Å². The molecule has 1 aliphatic heterocycles. The third-order valence-corrected chi connectivity index (χ3v) is 2.85. The fraction of sp³-hybridized carbons (Fsp3) is 0.364. The molecule has 0 saturated carbocycles. The molecule has 0 radical (unpaired) electrons. The van der Waals surface area contributed by atoms with Crippen LogP contribution in [0.1, 0.15) is 12.5 Å². The molecular formula is C11H13ClN2O. The van der Waals surface area contributed by atoms with E-state index in [9.17, 15) is 5.11 Å². The SMILES string of the molecule is CC1CN(C)N=C1c1cccc(Cl)c1O. The maximum absolute atomic E-state index is 9.83.